The zero-order chi connectivity index (χ0) is 55.6. The van der Waals surface area contributed by atoms with Gasteiger partial charge in [-0.1, -0.05) is 36.4 Å². The van der Waals surface area contributed by atoms with E-state index in [1.807, 2.05) is 0 Å². The average molecular weight is 1060 g/mol. The van der Waals surface area contributed by atoms with Gasteiger partial charge in [0, 0.05) is 85.3 Å². The number of hydrogen-bond acceptors (Lipinski definition) is 12. The predicted octanol–water partition coefficient (Wildman–Crippen LogP) is 13.4. The lowest BCUT2D eigenvalue weighted by Crippen LogP contribution is -2.07. The fraction of sp³-hybridized carbons (Fsp3) is 0.364. The molecule has 0 N–H and O–H groups in total. The molecule has 0 spiro atoms. The average Bonchev–Trinajstić information content (AvgIpc) is 3.60. The molecule has 0 heterocycles. The Balaban J connectivity index is 1.99. The van der Waals surface area contributed by atoms with Gasteiger partial charge in [-0.15, -0.1) is 0 Å². The van der Waals surface area contributed by atoms with Crippen LogP contribution in [-0.2, 0) is 136 Å². The van der Waals surface area contributed by atoms with E-state index in [0.29, 0.717) is 79.3 Å². The molecule has 0 saturated heterocycles. The van der Waals surface area contributed by atoms with Crippen molar-refractivity contribution in [3.8, 4) is 66.8 Å². The minimum absolute atomic E-state index is 0.364. The van der Waals surface area contributed by atoms with Gasteiger partial charge in [0.05, 0.1) is 79.3 Å². The highest BCUT2D eigenvalue weighted by Crippen LogP contribution is 2.57. The quantitative estimate of drug-likeness (QED) is 0.0428. The first-order valence-corrected chi connectivity index (χ1v) is 26.0. The number of benzene rings is 7. The minimum Gasteiger partial charge on any atom is -0.380 e. The van der Waals surface area contributed by atoms with Crippen LogP contribution in [0, 0.1) is 0 Å². The van der Waals surface area contributed by atoms with Gasteiger partial charge in [-0.25, -0.2) is 0 Å². The molecule has 0 aliphatic rings. The summed E-state index contributed by atoms with van der Waals surface area (Å²) >= 11 is 0. The number of rotatable bonds is 30. The summed E-state index contributed by atoms with van der Waals surface area (Å²) in [7, 11) is 20.7. The Labute approximate surface area is 462 Å². The maximum atomic E-state index is 5.96. The molecule has 0 amide bonds. The van der Waals surface area contributed by atoms with Gasteiger partial charge in [0.2, 0.25) is 0 Å². The SMILES string of the molecule is COCc1cc(COC)cc(-c2c(-c3cc(COC)cc(COC)c3)c(-c3cc(COC)cc(COC)c3)c(-c3cc(COC)cc(COC)c3)c(-c3cc(COC)cc(COC)c3)c2-c2cc(COC)cc(COC)c2)c1. The Hall–Kier alpha value is -5.94. The number of ether oxygens (including phenoxy) is 12. The molecule has 0 aromatic heterocycles. The molecule has 7 rings (SSSR count). The van der Waals surface area contributed by atoms with E-state index in [1.54, 1.807) is 85.3 Å². The van der Waals surface area contributed by atoms with E-state index in [2.05, 4.69) is 109 Å². The lowest BCUT2D eigenvalue weighted by molar-refractivity contribution is 0.180. The van der Waals surface area contributed by atoms with Crippen LogP contribution in [0.2, 0.25) is 0 Å². The van der Waals surface area contributed by atoms with Crippen molar-refractivity contribution in [2.45, 2.75) is 79.3 Å². The number of hydrogen-bond donors (Lipinski definition) is 0. The monoisotopic (exact) mass is 1060 g/mol. The Morgan fingerprint density at radius 3 is 0.321 bits per heavy atom. The zero-order valence-electron chi connectivity index (χ0n) is 47.8. The summed E-state index contributed by atoms with van der Waals surface area (Å²) in [5, 5.41) is 0. The molecule has 0 bridgehead atoms. The molecule has 0 radical (unpaired) electrons. The summed E-state index contributed by atoms with van der Waals surface area (Å²) < 4.78 is 71.5. The molecular formula is C66H78O12. The maximum Gasteiger partial charge on any atom is 0.0713 e. The Kier molecular flexibility index (Phi) is 22.9. The Bertz CT molecular complexity index is 2390. The third kappa shape index (κ3) is 14.8. The first-order valence-electron chi connectivity index (χ1n) is 26.0. The van der Waals surface area contributed by atoms with Crippen LogP contribution in [0.25, 0.3) is 66.8 Å². The third-order valence-corrected chi connectivity index (χ3v) is 13.3. The topological polar surface area (TPSA) is 111 Å². The molecule has 0 aliphatic heterocycles. The van der Waals surface area contributed by atoms with E-state index in [4.69, 9.17) is 56.8 Å². The maximum absolute atomic E-state index is 5.96. The van der Waals surface area contributed by atoms with Gasteiger partial charge < -0.3 is 56.8 Å². The van der Waals surface area contributed by atoms with E-state index < -0.39 is 0 Å². The number of methoxy groups -OCH3 is 12. The van der Waals surface area contributed by atoms with Crippen molar-refractivity contribution < 1.29 is 56.8 Å². The fourth-order valence-corrected chi connectivity index (χ4v) is 10.9. The largest absolute Gasteiger partial charge is 0.380 e. The highest BCUT2D eigenvalue weighted by atomic mass is 16.5. The summed E-state index contributed by atoms with van der Waals surface area (Å²) in [5.74, 6) is 0. The van der Waals surface area contributed by atoms with Gasteiger partial charge in [0.15, 0.2) is 0 Å². The molecule has 0 unspecified atom stereocenters. The summed E-state index contributed by atoms with van der Waals surface area (Å²) in [6.07, 6.45) is 0. The second-order valence-corrected chi connectivity index (χ2v) is 19.7. The lowest BCUT2D eigenvalue weighted by atomic mass is 9.72. The predicted molar refractivity (Wildman–Crippen MR) is 308 cm³/mol. The van der Waals surface area contributed by atoms with Crippen LogP contribution in [0.4, 0.5) is 0 Å². The molecular weight excluding hydrogens is 985 g/mol. The van der Waals surface area contributed by atoms with Gasteiger partial charge in [-0.3, -0.25) is 0 Å². The van der Waals surface area contributed by atoms with Crippen molar-refractivity contribution in [3.63, 3.8) is 0 Å². The van der Waals surface area contributed by atoms with Crippen LogP contribution >= 0.6 is 0 Å². The van der Waals surface area contributed by atoms with Gasteiger partial charge in [0.25, 0.3) is 0 Å². The van der Waals surface area contributed by atoms with Crippen LogP contribution in [0.3, 0.4) is 0 Å². The molecule has 0 saturated carbocycles. The lowest BCUT2D eigenvalue weighted by Gasteiger charge is -2.31. The van der Waals surface area contributed by atoms with Gasteiger partial charge in [-0.05, 0) is 206 Å². The third-order valence-electron chi connectivity index (χ3n) is 13.3. The molecule has 414 valence electrons. The van der Waals surface area contributed by atoms with Crippen LogP contribution in [0.5, 0.6) is 0 Å². The van der Waals surface area contributed by atoms with E-state index >= 15 is 0 Å². The molecule has 12 nitrogen and oxygen atoms in total. The Morgan fingerprint density at radius 1 is 0.154 bits per heavy atom. The van der Waals surface area contributed by atoms with Gasteiger partial charge in [0.1, 0.15) is 0 Å². The molecule has 7 aromatic carbocycles. The molecule has 0 aliphatic carbocycles. The highest BCUT2D eigenvalue weighted by molar-refractivity contribution is 6.15. The summed E-state index contributed by atoms with van der Waals surface area (Å²) in [4.78, 5) is 0. The zero-order valence-corrected chi connectivity index (χ0v) is 47.8. The Morgan fingerprint density at radius 2 is 0.244 bits per heavy atom. The second kappa shape index (κ2) is 29.9. The van der Waals surface area contributed by atoms with E-state index in [9.17, 15) is 0 Å². The summed E-state index contributed by atoms with van der Waals surface area (Å²) in [6.45, 7) is 4.37. The molecule has 0 atom stereocenters. The summed E-state index contributed by atoms with van der Waals surface area (Å²) in [6, 6.07) is 40.0. The standard InChI is InChI=1S/C66H78O12/c1-67-31-43-13-44(32-68-2)20-55(19-43)61-62(56-21-45(33-69-3)14-46(22-56)34-70-4)64(58-25-49(37-73-7)16-50(26-58)38-74-8)66(60-29-53(41-77-11)18-54(30-60)42-78-12)65(59-27-51(39-75-9)17-52(28-59)40-76-10)63(61)57-23-47(35-71-5)15-48(24-57)36-72-6/h13-30H,31-42H2,1-12H3. The van der Waals surface area contributed by atoms with Crippen molar-refractivity contribution in [1.29, 1.82) is 0 Å². The normalized spacial score (nSPS) is 11.5. The molecule has 78 heavy (non-hydrogen) atoms. The van der Waals surface area contributed by atoms with Crippen molar-refractivity contribution in [2.24, 2.45) is 0 Å². The first-order chi connectivity index (χ1) is 38.1. The molecule has 0 fully saturated rings. The van der Waals surface area contributed by atoms with Crippen LogP contribution in [-0.4, -0.2) is 85.3 Å². The van der Waals surface area contributed by atoms with Crippen molar-refractivity contribution in [1.82, 2.24) is 0 Å². The second-order valence-electron chi connectivity index (χ2n) is 19.7. The van der Waals surface area contributed by atoms with Gasteiger partial charge in [-0.2, -0.15) is 0 Å². The van der Waals surface area contributed by atoms with Crippen LogP contribution in [0.1, 0.15) is 66.8 Å². The smallest absolute Gasteiger partial charge is 0.0713 e. The fourth-order valence-electron chi connectivity index (χ4n) is 10.9. The van der Waals surface area contributed by atoms with Crippen molar-refractivity contribution >= 4 is 0 Å². The molecule has 12 heteroatoms. The summed E-state index contributed by atoms with van der Waals surface area (Å²) in [5.41, 5.74) is 23.3. The first kappa shape index (κ1) is 59.7. The minimum atomic E-state index is 0.364. The highest BCUT2D eigenvalue weighted by Gasteiger charge is 2.32. The van der Waals surface area contributed by atoms with Gasteiger partial charge >= 0.3 is 0 Å². The van der Waals surface area contributed by atoms with Crippen molar-refractivity contribution in [3.05, 3.63) is 176 Å². The van der Waals surface area contributed by atoms with Crippen LogP contribution < -0.4 is 0 Å². The van der Waals surface area contributed by atoms with E-state index in [0.717, 1.165) is 134 Å². The van der Waals surface area contributed by atoms with E-state index in [1.165, 1.54) is 0 Å². The van der Waals surface area contributed by atoms with Crippen molar-refractivity contribution in [2.75, 3.05) is 85.3 Å². The molecule has 7 aromatic rings. The van der Waals surface area contributed by atoms with Crippen LogP contribution in [0.15, 0.2) is 109 Å². The van der Waals surface area contributed by atoms with E-state index in [-0.39, 0.29) is 0 Å².